The van der Waals surface area contributed by atoms with Gasteiger partial charge in [0.15, 0.2) is 11.0 Å². The van der Waals surface area contributed by atoms with Gasteiger partial charge in [0.25, 0.3) is 0 Å². The summed E-state index contributed by atoms with van der Waals surface area (Å²) in [6.07, 6.45) is 0. The van der Waals surface area contributed by atoms with Crippen LogP contribution in [-0.2, 0) is 13.2 Å². The fourth-order valence-corrected chi connectivity index (χ4v) is 3.32. The number of para-hydroxylation sites is 1. The summed E-state index contributed by atoms with van der Waals surface area (Å²) in [7, 11) is 0. The molecule has 0 aliphatic heterocycles. The van der Waals surface area contributed by atoms with E-state index in [4.69, 9.17) is 4.74 Å². The molecule has 5 heteroatoms. The van der Waals surface area contributed by atoms with Crippen LogP contribution < -0.4 is 4.74 Å². The van der Waals surface area contributed by atoms with Crippen LogP contribution in [0.2, 0.25) is 0 Å². The van der Waals surface area contributed by atoms with Gasteiger partial charge in [-0.05, 0) is 24.1 Å². The van der Waals surface area contributed by atoms with Crippen molar-refractivity contribution in [1.29, 1.82) is 0 Å². The van der Waals surface area contributed by atoms with Gasteiger partial charge in [-0.2, -0.15) is 0 Å². The molecular formula is C20H23N3OS. The zero-order valence-corrected chi connectivity index (χ0v) is 15.7. The first kappa shape index (κ1) is 17.5. The summed E-state index contributed by atoms with van der Waals surface area (Å²) >= 11 is 1.72. The summed E-state index contributed by atoms with van der Waals surface area (Å²) in [5.74, 6) is 1.73. The van der Waals surface area contributed by atoms with Gasteiger partial charge in [-0.25, -0.2) is 0 Å². The van der Waals surface area contributed by atoms with E-state index in [0.717, 1.165) is 28.8 Å². The van der Waals surface area contributed by atoms with E-state index in [0.29, 0.717) is 11.9 Å². The Hall–Kier alpha value is -2.27. The Balaban J connectivity index is 1.82. The SMILES string of the molecule is Cc1ccccc1OCc1nnc(SC(C)C)n1Cc1ccccc1. The van der Waals surface area contributed by atoms with Crippen LogP contribution in [0, 0.1) is 6.92 Å². The number of benzene rings is 2. The second-order valence-corrected chi connectivity index (χ2v) is 7.73. The third kappa shape index (κ3) is 4.63. The predicted octanol–water partition coefficient (Wildman–Crippen LogP) is 4.71. The smallest absolute Gasteiger partial charge is 0.191 e. The van der Waals surface area contributed by atoms with Crippen LogP contribution in [0.25, 0.3) is 0 Å². The quantitative estimate of drug-likeness (QED) is 0.577. The maximum Gasteiger partial charge on any atom is 0.191 e. The number of ether oxygens (including phenoxy) is 1. The third-order valence-corrected chi connectivity index (χ3v) is 4.75. The molecule has 2 aromatic carbocycles. The Labute approximate surface area is 153 Å². The Kier molecular flexibility index (Phi) is 5.76. The predicted molar refractivity (Wildman–Crippen MR) is 102 cm³/mol. The van der Waals surface area contributed by atoms with Gasteiger partial charge in [-0.15, -0.1) is 10.2 Å². The van der Waals surface area contributed by atoms with Crippen molar-refractivity contribution in [2.24, 2.45) is 0 Å². The average molecular weight is 353 g/mol. The highest BCUT2D eigenvalue weighted by atomic mass is 32.2. The molecule has 0 radical (unpaired) electrons. The number of hydrogen-bond acceptors (Lipinski definition) is 4. The lowest BCUT2D eigenvalue weighted by Gasteiger charge is -2.13. The molecule has 25 heavy (non-hydrogen) atoms. The fourth-order valence-electron chi connectivity index (χ4n) is 2.51. The highest BCUT2D eigenvalue weighted by Gasteiger charge is 2.15. The van der Waals surface area contributed by atoms with Crippen molar-refractivity contribution < 1.29 is 4.74 Å². The molecule has 3 aromatic rings. The molecule has 1 heterocycles. The van der Waals surface area contributed by atoms with Gasteiger partial charge < -0.3 is 4.74 Å². The first-order valence-corrected chi connectivity index (χ1v) is 9.32. The van der Waals surface area contributed by atoms with E-state index >= 15 is 0 Å². The second-order valence-electron chi connectivity index (χ2n) is 6.19. The minimum absolute atomic E-state index is 0.406. The van der Waals surface area contributed by atoms with E-state index in [1.54, 1.807) is 11.8 Å². The zero-order chi connectivity index (χ0) is 17.6. The number of rotatable bonds is 7. The molecule has 0 aliphatic rings. The molecule has 0 fully saturated rings. The summed E-state index contributed by atoms with van der Waals surface area (Å²) < 4.78 is 8.14. The molecule has 0 aliphatic carbocycles. The largest absolute Gasteiger partial charge is 0.485 e. The fraction of sp³-hybridized carbons (Fsp3) is 0.300. The van der Waals surface area contributed by atoms with Crippen molar-refractivity contribution in [2.75, 3.05) is 0 Å². The maximum absolute atomic E-state index is 5.99. The van der Waals surface area contributed by atoms with E-state index < -0.39 is 0 Å². The zero-order valence-electron chi connectivity index (χ0n) is 14.8. The number of nitrogens with zero attached hydrogens (tertiary/aromatic N) is 3. The summed E-state index contributed by atoms with van der Waals surface area (Å²) in [6.45, 7) is 7.52. The Morgan fingerprint density at radius 1 is 1.00 bits per heavy atom. The standard InChI is InChI=1S/C20H23N3OS/c1-15(2)25-20-22-21-19(14-24-18-12-8-7-9-16(18)3)23(20)13-17-10-5-4-6-11-17/h4-12,15H,13-14H2,1-3H3. The minimum atomic E-state index is 0.406. The minimum Gasteiger partial charge on any atom is -0.485 e. The monoisotopic (exact) mass is 353 g/mol. The lowest BCUT2D eigenvalue weighted by molar-refractivity contribution is 0.287. The van der Waals surface area contributed by atoms with E-state index in [1.165, 1.54) is 5.56 Å². The molecule has 0 amide bonds. The van der Waals surface area contributed by atoms with Crippen molar-refractivity contribution in [3.63, 3.8) is 0 Å². The normalized spacial score (nSPS) is 11.0. The van der Waals surface area contributed by atoms with Crippen LogP contribution in [0.3, 0.4) is 0 Å². The molecule has 0 bridgehead atoms. The van der Waals surface area contributed by atoms with Crippen LogP contribution in [0.5, 0.6) is 5.75 Å². The highest BCUT2D eigenvalue weighted by Crippen LogP contribution is 2.24. The first-order chi connectivity index (χ1) is 12.1. The Morgan fingerprint density at radius 2 is 1.72 bits per heavy atom. The molecule has 0 N–H and O–H groups in total. The summed E-state index contributed by atoms with van der Waals surface area (Å²) in [4.78, 5) is 0. The van der Waals surface area contributed by atoms with E-state index in [-0.39, 0.29) is 0 Å². The highest BCUT2D eigenvalue weighted by molar-refractivity contribution is 7.99. The van der Waals surface area contributed by atoms with Crippen LogP contribution in [0.1, 0.15) is 30.8 Å². The average Bonchev–Trinajstić information content (AvgIpc) is 2.96. The van der Waals surface area contributed by atoms with Gasteiger partial charge in [-0.1, -0.05) is 74.1 Å². The summed E-state index contributed by atoms with van der Waals surface area (Å²) in [5.41, 5.74) is 2.35. The van der Waals surface area contributed by atoms with Gasteiger partial charge in [0, 0.05) is 5.25 Å². The molecule has 0 saturated carbocycles. The van der Waals surface area contributed by atoms with Crippen molar-refractivity contribution in [1.82, 2.24) is 14.8 Å². The first-order valence-electron chi connectivity index (χ1n) is 8.44. The van der Waals surface area contributed by atoms with Crippen molar-refractivity contribution >= 4 is 11.8 Å². The second kappa shape index (κ2) is 8.21. The molecule has 130 valence electrons. The number of aryl methyl sites for hydroxylation is 1. The van der Waals surface area contributed by atoms with Gasteiger partial charge >= 0.3 is 0 Å². The van der Waals surface area contributed by atoms with Crippen molar-refractivity contribution in [2.45, 2.75) is 44.3 Å². The maximum atomic E-state index is 5.99. The van der Waals surface area contributed by atoms with Crippen LogP contribution >= 0.6 is 11.8 Å². The van der Waals surface area contributed by atoms with Crippen LogP contribution in [0.4, 0.5) is 0 Å². The summed E-state index contributed by atoms with van der Waals surface area (Å²) in [5, 5.41) is 10.1. The third-order valence-electron chi connectivity index (χ3n) is 3.77. The van der Waals surface area contributed by atoms with Crippen molar-refractivity contribution in [3.8, 4) is 5.75 Å². The van der Waals surface area contributed by atoms with Gasteiger partial charge in [0.05, 0.1) is 6.54 Å². The topological polar surface area (TPSA) is 39.9 Å². The lowest BCUT2D eigenvalue weighted by atomic mass is 10.2. The van der Waals surface area contributed by atoms with E-state index in [2.05, 4.69) is 52.9 Å². The lowest BCUT2D eigenvalue weighted by Crippen LogP contribution is -2.10. The molecule has 4 nitrogen and oxygen atoms in total. The molecule has 0 spiro atoms. The molecule has 3 rings (SSSR count). The molecule has 0 unspecified atom stereocenters. The van der Waals surface area contributed by atoms with Crippen LogP contribution in [0.15, 0.2) is 59.8 Å². The number of thioether (sulfide) groups is 1. The van der Waals surface area contributed by atoms with Gasteiger partial charge in [0.2, 0.25) is 0 Å². The Morgan fingerprint density at radius 3 is 2.44 bits per heavy atom. The summed E-state index contributed by atoms with van der Waals surface area (Å²) in [6, 6.07) is 18.4. The molecule has 0 saturated heterocycles. The van der Waals surface area contributed by atoms with Gasteiger partial charge in [-0.3, -0.25) is 4.57 Å². The van der Waals surface area contributed by atoms with E-state index in [9.17, 15) is 0 Å². The van der Waals surface area contributed by atoms with Gasteiger partial charge in [0.1, 0.15) is 12.4 Å². The van der Waals surface area contributed by atoms with E-state index in [1.807, 2.05) is 37.3 Å². The Bertz CT molecular complexity index is 815. The molecule has 0 atom stereocenters. The molecular weight excluding hydrogens is 330 g/mol. The molecule has 1 aromatic heterocycles. The van der Waals surface area contributed by atoms with Crippen molar-refractivity contribution in [3.05, 3.63) is 71.5 Å². The van der Waals surface area contributed by atoms with Crippen LogP contribution in [-0.4, -0.2) is 20.0 Å². The number of aromatic nitrogens is 3. The number of hydrogen-bond donors (Lipinski definition) is 0.